The Bertz CT molecular complexity index is 1590. The number of nitrogens with one attached hydrogen (secondary N) is 1. The molecule has 2 N–H and O–H groups in total. The van der Waals surface area contributed by atoms with Crippen molar-refractivity contribution in [3.05, 3.63) is 46.6 Å². The number of hydrogen-bond donors (Lipinski definition) is 2. The molecule has 2 aromatic carbocycles. The maximum Gasteiger partial charge on any atom is 0.318 e. The smallest absolute Gasteiger partial charge is 0.318 e. The Morgan fingerprint density at radius 2 is 1.95 bits per heavy atom. The van der Waals surface area contributed by atoms with Gasteiger partial charge in [0, 0.05) is 48.7 Å². The Kier molecular flexibility index (Phi) is 6.07. The number of aromatic nitrogens is 2. The summed E-state index contributed by atoms with van der Waals surface area (Å²) in [7, 11) is 2.25. The van der Waals surface area contributed by atoms with E-state index in [9.17, 15) is 5.11 Å². The number of phenolic OH excluding ortho intramolecular Hbond substituents is 1. The van der Waals surface area contributed by atoms with Gasteiger partial charge in [0.15, 0.2) is 0 Å². The lowest BCUT2D eigenvalue weighted by atomic mass is 9.95. The van der Waals surface area contributed by atoms with Crippen molar-refractivity contribution in [1.82, 2.24) is 25.1 Å². The van der Waals surface area contributed by atoms with Crippen LogP contribution in [0.5, 0.6) is 11.8 Å². The number of ether oxygens (including phenoxy) is 1. The van der Waals surface area contributed by atoms with Crippen molar-refractivity contribution in [2.24, 2.45) is 0 Å². The minimum atomic E-state index is 0.107. The van der Waals surface area contributed by atoms with Crippen LogP contribution in [0.25, 0.3) is 10.8 Å². The summed E-state index contributed by atoms with van der Waals surface area (Å²) < 4.78 is 6.63. The van der Waals surface area contributed by atoms with E-state index in [0.29, 0.717) is 42.3 Å². The Hall–Kier alpha value is -2.85. The van der Waals surface area contributed by atoms with E-state index in [0.717, 1.165) is 47.6 Å². The number of halogens is 1. The second-order valence-electron chi connectivity index (χ2n) is 13.8. The van der Waals surface area contributed by atoms with E-state index < -0.39 is 0 Å². The fourth-order valence-corrected chi connectivity index (χ4v) is 9.63. The van der Waals surface area contributed by atoms with Gasteiger partial charge in [-0.2, -0.15) is 9.97 Å². The molecule has 0 amide bonds. The van der Waals surface area contributed by atoms with E-state index in [1.807, 2.05) is 24.3 Å². The van der Waals surface area contributed by atoms with E-state index in [1.54, 1.807) is 6.07 Å². The monoisotopic (exact) mass is 601 g/mol. The lowest BCUT2D eigenvalue weighted by molar-refractivity contribution is 0.107. The van der Waals surface area contributed by atoms with Crippen LogP contribution < -0.4 is 19.9 Å². The van der Waals surface area contributed by atoms with Gasteiger partial charge in [-0.25, -0.2) is 0 Å². The number of rotatable bonds is 4. The second kappa shape index (κ2) is 9.83. The summed E-state index contributed by atoms with van der Waals surface area (Å²) in [5.41, 5.74) is 3.34. The molecule has 0 spiro atoms. The molecule has 226 valence electrons. The van der Waals surface area contributed by atoms with Gasteiger partial charge in [-0.15, -0.1) is 0 Å². The van der Waals surface area contributed by atoms with Gasteiger partial charge in [0.2, 0.25) is 0 Å². The van der Waals surface area contributed by atoms with E-state index in [2.05, 4.69) is 32.0 Å². The van der Waals surface area contributed by atoms with Crippen LogP contribution in [0.15, 0.2) is 30.3 Å². The van der Waals surface area contributed by atoms with Crippen molar-refractivity contribution < 1.29 is 9.84 Å². The number of piperazine rings is 1. The average Bonchev–Trinajstić information content (AvgIpc) is 3.68. The molecular formula is C33H40ClN7O2. The minimum Gasteiger partial charge on any atom is -0.508 e. The van der Waals surface area contributed by atoms with Gasteiger partial charge in [0.25, 0.3) is 0 Å². The first-order chi connectivity index (χ1) is 21.0. The van der Waals surface area contributed by atoms with Gasteiger partial charge in [0.05, 0.1) is 40.6 Å². The third-order valence-corrected chi connectivity index (χ3v) is 11.7. The van der Waals surface area contributed by atoms with Crippen molar-refractivity contribution in [1.29, 1.82) is 0 Å². The Balaban J connectivity index is 1.15. The maximum absolute atomic E-state index is 10.8. The molecule has 4 fully saturated rings. The van der Waals surface area contributed by atoms with Crippen LogP contribution in [0, 0.1) is 0 Å². The molecule has 4 unspecified atom stereocenters. The second-order valence-corrected chi connectivity index (χ2v) is 14.2. The quantitative estimate of drug-likeness (QED) is 0.455. The van der Waals surface area contributed by atoms with Crippen LogP contribution in [0.2, 0.25) is 5.02 Å². The van der Waals surface area contributed by atoms with Crippen molar-refractivity contribution >= 4 is 33.9 Å². The number of hydrogen-bond acceptors (Lipinski definition) is 9. The normalized spacial score (nSPS) is 29.4. The fraction of sp³-hybridized carbons (Fsp3) is 0.576. The average molecular weight is 602 g/mol. The van der Waals surface area contributed by atoms with Gasteiger partial charge >= 0.3 is 6.01 Å². The van der Waals surface area contributed by atoms with Crippen LogP contribution in [-0.2, 0) is 6.54 Å². The van der Waals surface area contributed by atoms with Gasteiger partial charge in [-0.3, -0.25) is 9.80 Å². The first kappa shape index (κ1) is 26.5. The molecule has 6 aliphatic rings. The van der Waals surface area contributed by atoms with Gasteiger partial charge in [-0.05, 0) is 76.2 Å². The molecular weight excluding hydrogens is 562 g/mol. The Morgan fingerprint density at radius 1 is 1.09 bits per heavy atom. The summed E-state index contributed by atoms with van der Waals surface area (Å²) in [4.78, 5) is 20.5. The van der Waals surface area contributed by atoms with Crippen LogP contribution in [0.1, 0.15) is 55.8 Å². The maximum atomic E-state index is 10.8. The van der Waals surface area contributed by atoms with Crippen molar-refractivity contribution in [3.63, 3.8) is 0 Å². The highest BCUT2D eigenvalue weighted by Gasteiger charge is 2.48. The highest BCUT2D eigenvalue weighted by atomic mass is 35.5. The predicted octanol–water partition coefficient (Wildman–Crippen LogP) is 4.31. The molecule has 10 heteroatoms. The summed E-state index contributed by atoms with van der Waals surface area (Å²) >= 11 is 6.80. The number of nitrogens with zero attached hydrogens (tertiary/aromatic N) is 6. The zero-order valence-electron chi connectivity index (χ0n) is 24.8. The summed E-state index contributed by atoms with van der Waals surface area (Å²) in [6.45, 7) is 6.30. The first-order valence-electron chi connectivity index (χ1n) is 16.1. The summed E-state index contributed by atoms with van der Waals surface area (Å²) in [5, 5.41) is 17.2. The zero-order valence-corrected chi connectivity index (χ0v) is 25.6. The summed E-state index contributed by atoms with van der Waals surface area (Å²) in [5.74, 6) is 1.32. The summed E-state index contributed by atoms with van der Waals surface area (Å²) in [6.07, 6.45) is 7.31. The van der Waals surface area contributed by atoms with E-state index in [1.165, 1.54) is 57.2 Å². The number of phenols is 1. The molecule has 6 aliphatic heterocycles. The number of likely N-dealkylation sites (N-methyl/N-ethyl adjacent to an activating group) is 1. The highest BCUT2D eigenvalue weighted by Crippen LogP contribution is 2.46. The molecule has 0 saturated carbocycles. The molecule has 0 radical (unpaired) electrons. The molecule has 9 nitrogen and oxygen atoms in total. The van der Waals surface area contributed by atoms with E-state index in [-0.39, 0.29) is 17.3 Å². The number of fused-ring (bicyclic) bond motifs is 7. The lowest BCUT2D eigenvalue weighted by Crippen LogP contribution is -2.60. The zero-order chi connectivity index (χ0) is 28.9. The van der Waals surface area contributed by atoms with Crippen molar-refractivity contribution in [3.8, 4) is 11.8 Å². The van der Waals surface area contributed by atoms with Crippen LogP contribution >= 0.6 is 11.6 Å². The van der Waals surface area contributed by atoms with Gasteiger partial charge in [-0.1, -0.05) is 23.7 Å². The number of benzene rings is 2. The summed E-state index contributed by atoms with van der Waals surface area (Å²) in [6, 6.07) is 11.5. The van der Waals surface area contributed by atoms with E-state index >= 15 is 0 Å². The highest BCUT2D eigenvalue weighted by molar-refractivity contribution is 6.36. The molecule has 9 rings (SSSR count). The third kappa shape index (κ3) is 4.15. The number of aromatic hydroxyl groups is 1. The van der Waals surface area contributed by atoms with Crippen LogP contribution in [-0.4, -0.2) is 94.9 Å². The standard InChI is InChI=1S/C33H40ClN7O2/c1-38-17-27-24-8-7-21(35-24)15-41(27)31-30-25(36-32(37-31)43-19-33-9-3-11-40(33)12-4-10-33)16-39(18-28(30)38)26-14-22(42)13-20-5-2-6-23(34)29(20)26/h2,5-6,13-14,21,24,27-28,35,42H,3-4,7-12,15-19H2,1H3. The molecule has 3 aromatic rings. The molecule has 4 atom stereocenters. The van der Waals surface area contributed by atoms with Gasteiger partial charge < -0.3 is 25.0 Å². The fourth-order valence-electron chi connectivity index (χ4n) is 9.35. The molecule has 1 aromatic heterocycles. The predicted molar refractivity (Wildman–Crippen MR) is 168 cm³/mol. The minimum absolute atomic E-state index is 0.107. The Labute approximate surface area is 257 Å². The van der Waals surface area contributed by atoms with Crippen molar-refractivity contribution in [2.75, 3.05) is 56.2 Å². The molecule has 43 heavy (non-hydrogen) atoms. The number of anilines is 2. The third-order valence-electron chi connectivity index (χ3n) is 11.4. The van der Waals surface area contributed by atoms with Gasteiger partial charge in [0.1, 0.15) is 18.2 Å². The first-order valence-corrected chi connectivity index (χ1v) is 16.5. The largest absolute Gasteiger partial charge is 0.508 e. The van der Waals surface area contributed by atoms with E-state index in [4.69, 9.17) is 26.3 Å². The molecule has 4 saturated heterocycles. The van der Waals surface area contributed by atoms with Crippen LogP contribution in [0.3, 0.4) is 0 Å². The topological polar surface area (TPSA) is 80.2 Å². The molecule has 2 bridgehead atoms. The van der Waals surface area contributed by atoms with Crippen molar-refractivity contribution in [2.45, 2.75) is 74.8 Å². The van der Waals surface area contributed by atoms with Crippen LogP contribution in [0.4, 0.5) is 11.5 Å². The Morgan fingerprint density at radius 3 is 2.81 bits per heavy atom. The SMILES string of the molecule is CN1CC2C3CCC(CN2c2nc(OCC45CCCN4CCC5)nc4c2C1CN(c1cc(O)cc2cccc(Cl)c12)C4)N3. The molecule has 7 heterocycles. The lowest BCUT2D eigenvalue weighted by Gasteiger charge is -2.41. The molecule has 0 aliphatic carbocycles.